The normalized spacial score (nSPS) is 11.8. The van der Waals surface area contributed by atoms with E-state index in [-0.39, 0.29) is 18.2 Å². The third-order valence-corrected chi connectivity index (χ3v) is 5.27. The Kier molecular flexibility index (Phi) is 8.34. The lowest BCUT2D eigenvalue weighted by Gasteiger charge is -2.31. The van der Waals surface area contributed by atoms with E-state index in [2.05, 4.69) is 5.32 Å². The largest absolute Gasteiger partial charge is 0.355 e. The molecule has 150 valence electrons. The standard InChI is InChI=1S/C22H26Cl2N2O2/c1-4-20(22(28)25-5-2)26(14-16-9-6-8-15(3)12-16)21(27)13-17-18(23)10-7-11-19(17)24/h6-12,20H,4-5,13-14H2,1-3H3,(H,25,28)/t20-/m1/s1. The number of amides is 2. The fourth-order valence-electron chi connectivity index (χ4n) is 3.17. The number of likely N-dealkylation sites (N-methyl/N-ethyl adjacent to an activating group) is 1. The van der Waals surface area contributed by atoms with E-state index in [1.165, 1.54) is 0 Å². The number of carbonyl (C=O) groups is 2. The number of hydrogen-bond donors (Lipinski definition) is 1. The summed E-state index contributed by atoms with van der Waals surface area (Å²) in [6, 6.07) is 12.5. The summed E-state index contributed by atoms with van der Waals surface area (Å²) in [6.45, 7) is 6.62. The molecule has 1 N–H and O–H groups in total. The van der Waals surface area contributed by atoms with Gasteiger partial charge >= 0.3 is 0 Å². The maximum atomic E-state index is 13.2. The Balaban J connectivity index is 2.35. The molecule has 0 saturated heterocycles. The monoisotopic (exact) mass is 420 g/mol. The molecule has 0 saturated carbocycles. The van der Waals surface area contributed by atoms with Gasteiger partial charge in [-0.1, -0.05) is 66.0 Å². The number of nitrogens with one attached hydrogen (secondary N) is 1. The summed E-state index contributed by atoms with van der Waals surface area (Å²) in [7, 11) is 0. The van der Waals surface area contributed by atoms with Crippen LogP contribution in [0.3, 0.4) is 0 Å². The molecule has 6 heteroatoms. The fourth-order valence-corrected chi connectivity index (χ4v) is 3.70. The van der Waals surface area contributed by atoms with Crippen LogP contribution >= 0.6 is 23.2 Å². The number of halogens is 2. The molecule has 2 aromatic rings. The third-order valence-electron chi connectivity index (χ3n) is 4.56. The zero-order chi connectivity index (χ0) is 20.7. The van der Waals surface area contributed by atoms with Crippen molar-refractivity contribution in [3.05, 3.63) is 69.2 Å². The van der Waals surface area contributed by atoms with Crippen LogP contribution < -0.4 is 5.32 Å². The maximum Gasteiger partial charge on any atom is 0.242 e. The molecule has 0 radical (unpaired) electrons. The molecule has 0 unspecified atom stereocenters. The van der Waals surface area contributed by atoms with Crippen LogP contribution in [0, 0.1) is 6.92 Å². The van der Waals surface area contributed by atoms with E-state index in [1.807, 2.05) is 45.0 Å². The molecule has 0 aromatic heterocycles. The molecule has 0 aliphatic heterocycles. The summed E-state index contributed by atoms with van der Waals surface area (Å²) in [5.41, 5.74) is 2.65. The van der Waals surface area contributed by atoms with Gasteiger partial charge in [0.25, 0.3) is 0 Å². The number of rotatable bonds is 8. The average Bonchev–Trinajstić information content (AvgIpc) is 2.65. The molecule has 2 aromatic carbocycles. The van der Waals surface area contributed by atoms with Crippen LogP contribution in [0.25, 0.3) is 0 Å². The van der Waals surface area contributed by atoms with Crippen LogP contribution in [0.5, 0.6) is 0 Å². The van der Waals surface area contributed by atoms with Gasteiger partial charge in [-0.3, -0.25) is 9.59 Å². The SMILES string of the molecule is CCNC(=O)[C@@H](CC)N(Cc1cccc(C)c1)C(=O)Cc1c(Cl)cccc1Cl. The van der Waals surface area contributed by atoms with Gasteiger partial charge in [-0.25, -0.2) is 0 Å². The summed E-state index contributed by atoms with van der Waals surface area (Å²) in [4.78, 5) is 27.5. The summed E-state index contributed by atoms with van der Waals surface area (Å²) < 4.78 is 0. The van der Waals surface area contributed by atoms with Gasteiger partial charge in [0.2, 0.25) is 11.8 Å². The first kappa shape index (κ1) is 22.3. The maximum absolute atomic E-state index is 13.2. The Bertz CT molecular complexity index is 819. The van der Waals surface area contributed by atoms with Crippen LogP contribution in [-0.2, 0) is 22.6 Å². The van der Waals surface area contributed by atoms with E-state index in [4.69, 9.17) is 23.2 Å². The highest BCUT2D eigenvalue weighted by molar-refractivity contribution is 6.36. The topological polar surface area (TPSA) is 49.4 Å². The Morgan fingerprint density at radius 1 is 1.07 bits per heavy atom. The van der Waals surface area contributed by atoms with Crippen molar-refractivity contribution in [2.24, 2.45) is 0 Å². The van der Waals surface area contributed by atoms with Crippen molar-refractivity contribution in [3.8, 4) is 0 Å². The predicted molar refractivity (Wildman–Crippen MR) is 115 cm³/mol. The second-order valence-electron chi connectivity index (χ2n) is 6.71. The van der Waals surface area contributed by atoms with Gasteiger partial charge in [-0.05, 0) is 43.5 Å². The molecular weight excluding hydrogens is 395 g/mol. The van der Waals surface area contributed by atoms with Crippen LogP contribution in [0.4, 0.5) is 0 Å². The summed E-state index contributed by atoms with van der Waals surface area (Å²) in [5, 5.41) is 3.72. The number of nitrogens with zero attached hydrogens (tertiary/aromatic N) is 1. The Labute approximate surface area is 176 Å². The van der Waals surface area contributed by atoms with E-state index in [0.29, 0.717) is 35.1 Å². The molecule has 0 aliphatic carbocycles. The minimum Gasteiger partial charge on any atom is -0.355 e. The lowest BCUT2D eigenvalue weighted by Crippen LogP contribution is -2.49. The fraction of sp³-hybridized carbons (Fsp3) is 0.364. The van der Waals surface area contributed by atoms with E-state index in [0.717, 1.165) is 11.1 Å². The molecule has 4 nitrogen and oxygen atoms in total. The van der Waals surface area contributed by atoms with Gasteiger partial charge in [0.1, 0.15) is 6.04 Å². The zero-order valence-corrected chi connectivity index (χ0v) is 18.0. The third kappa shape index (κ3) is 5.73. The first-order valence-electron chi connectivity index (χ1n) is 9.42. The highest BCUT2D eigenvalue weighted by Gasteiger charge is 2.29. The van der Waals surface area contributed by atoms with Crippen molar-refractivity contribution in [1.82, 2.24) is 10.2 Å². The van der Waals surface area contributed by atoms with E-state index < -0.39 is 6.04 Å². The molecule has 0 spiro atoms. The average molecular weight is 421 g/mol. The summed E-state index contributed by atoms with van der Waals surface area (Å²) in [6.07, 6.45) is 0.555. The Morgan fingerprint density at radius 2 is 1.71 bits per heavy atom. The predicted octanol–water partition coefficient (Wildman–Crippen LogP) is 4.79. The highest BCUT2D eigenvalue weighted by Crippen LogP contribution is 2.26. The van der Waals surface area contributed by atoms with E-state index in [1.54, 1.807) is 23.1 Å². The smallest absolute Gasteiger partial charge is 0.242 e. The first-order valence-corrected chi connectivity index (χ1v) is 10.2. The van der Waals surface area contributed by atoms with Gasteiger partial charge in [0, 0.05) is 23.1 Å². The second kappa shape index (κ2) is 10.5. The molecule has 2 rings (SSSR count). The van der Waals surface area contributed by atoms with Crippen LogP contribution in [0.2, 0.25) is 10.0 Å². The van der Waals surface area contributed by atoms with E-state index >= 15 is 0 Å². The van der Waals surface area contributed by atoms with Crippen molar-refractivity contribution in [2.75, 3.05) is 6.54 Å². The number of aryl methyl sites for hydroxylation is 1. The molecular formula is C22H26Cl2N2O2. The molecule has 0 aliphatic rings. The van der Waals surface area contributed by atoms with Crippen LogP contribution in [0.1, 0.15) is 37.0 Å². The minimum absolute atomic E-state index is 0.0419. The molecule has 0 bridgehead atoms. The number of carbonyl (C=O) groups excluding carboxylic acids is 2. The minimum atomic E-state index is -0.561. The van der Waals surface area contributed by atoms with Crippen molar-refractivity contribution >= 4 is 35.0 Å². The van der Waals surface area contributed by atoms with Crippen molar-refractivity contribution in [3.63, 3.8) is 0 Å². The first-order chi connectivity index (χ1) is 13.4. The van der Waals surface area contributed by atoms with Gasteiger partial charge in [-0.2, -0.15) is 0 Å². The van der Waals surface area contributed by atoms with Crippen LogP contribution in [-0.4, -0.2) is 29.3 Å². The van der Waals surface area contributed by atoms with Crippen molar-refractivity contribution in [1.29, 1.82) is 0 Å². The second-order valence-corrected chi connectivity index (χ2v) is 7.52. The lowest BCUT2D eigenvalue weighted by atomic mass is 10.1. The van der Waals surface area contributed by atoms with Crippen molar-refractivity contribution < 1.29 is 9.59 Å². The zero-order valence-electron chi connectivity index (χ0n) is 16.5. The summed E-state index contributed by atoms with van der Waals surface area (Å²) in [5.74, 6) is -0.342. The lowest BCUT2D eigenvalue weighted by molar-refractivity contribution is -0.140. The molecule has 1 atom stereocenters. The summed E-state index contributed by atoms with van der Waals surface area (Å²) >= 11 is 12.5. The number of benzene rings is 2. The van der Waals surface area contributed by atoms with Crippen LogP contribution in [0.15, 0.2) is 42.5 Å². The molecule has 0 heterocycles. The number of hydrogen-bond acceptors (Lipinski definition) is 2. The molecule has 0 fully saturated rings. The van der Waals surface area contributed by atoms with Gasteiger partial charge in [0.15, 0.2) is 0 Å². The van der Waals surface area contributed by atoms with Gasteiger partial charge < -0.3 is 10.2 Å². The van der Waals surface area contributed by atoms with E-state index in [9.17, 15) is 9.59 Å². The molecule has 28 heavy (non-hydrogen) atoms. The van der Waals surface area contributed by atoms with Gasteiger partial charge in [0.05, 0.1) is 6.42 Å². The Hall–Kier alpha value is -2.04. The van der Waals surface area contributed by atoms with Crippen molar-refractivity contribution in [2.45, 2.75) is 46.2 Å². The molecule has 2 amide bonds. The highest BCUT2D eigenvalue weighted by atomic mass is 35.5. The Morgan fingerprint density at radius 3 is 2.29 bits per heavy atom. The quantitative estimate of drug-likeness (QED) is 0.667. The van der Waals surface area contributed by atoms with Gasteiger partial charge in [-0.15, -0.1) is 0 Å².